The van der Waals surface area contributed by atoms with Crippen LogP contribution < -0.4 is 5.32 Å². The SMILES string of the molecule is CCNC1CCCCC1c1nc(-c2ccnc(C)n2)no1. The van der Waals surface area contributed by atoms with Crippen molar-refractivity contribution in [1.82, 2.24) is 25.4 Å². The molecule has 2 atom stereocenters. The monoisotopic (exact) mass is 287 g/mol. The van der Waals surface area contributed by atoms with Crippen LogP contribution in [0.4, 0.5) is 0 Å². The molecule has 0 saturated heterocycles. The zero-order valence-corrected chi connectivity index (χ0v) is 12.5. The lowest BCUT2D eigenvalue weighted by atomic mass is 9.84. The van der Waals surface area contributed by atoms with Crippen molar-refractivity contribution < 1.29 is 4.52 Å². The van der Waals surface area contributed by atoms with Crippen LogP contribution in [0.5, 0.6) is 0 Å². The summed E-state index contributed by atoms with van der Waals surface area (Å²) >= 11 is 0. The van der Waals surface area contributed by atoms with Gasteiger partial charge in [0.1, 0.15) is 11.5 Å². The maximum absolute atomic E-state index is 5.51. The highest BCUT2D eigenvalue weighted by molar-refractivity contribution is 5.47. The predicted octanol–water partition coefficient (Wildman–Crippen LogP) is 2.47. The van der Waals surface area contributed by atoms with Crippen LogP contribution >= 0.6 is 0 Å². The molecular formula is C15H21N5O. The highest BCUT2D eigenvalue weighted by Gasteiger charge is 2.30. The lowest BCUT2D eigenvalue weighted by Crippen LogP contribution is -2.37. The summed E-state index contributed by atoms with van der Waals surface area (Å²) in [5.74, 6) is 2.30. The molecule has 1 saturated carbocycles. The zero-order valence-electron chi connectivity index (χ0n) is 12.5. The van der Waals surface area contributed by atoms with Gasteiger partial charge in [-0.25, -0.2) is 9.97 Å². The molecule has 0 bridgehead atoms. The normalized spacial score (nSPS) is 22.4. The van der Waals surface area contributed by atoms with Crippen molar-refractivity contribution in [2.75, 3.05) is 6.54 Å². The van der Waals surface area contributed by atoms with Crippen LogP contribution in [0.3, 0.4) is 0 Å². The topological polar surface area (TPSA) is 76.7 Å². The van der Waals surface area contributed by atoms with Gasteiger partial charge in [0.15, 0.2) is 0 Å². The zero-order chi connectivity index (χ0) is 14.7. The van der Waals surface area contributed by atoms with E-state index in [1.165, 1.54) is 19.3 Å². The van der Waals surface area contributed by atoms with Gasteiger partial charge in [-0.1, -0.05) is 24.9 Å². The fourth-order valence-corrected chi connectivity index (χ4v) is 3.00. The minimum absolute atomic E-state index is 0.308. The molecule has 21 heavy (non-hydrogen) atoms. The summed E-state index contributed by atoms with van der Waals surface area (Å²) in [6.45, 7) is 4.95. The van der Waals surface area contributed by atoms with E-state index < -0.39 is 0 Å². The highest BCUT2D eigenvalue weighted by Crippen LogP contribution is 2.32. The van der Waals surface area contributed by atoms with Gasteiger partial charge in [0.25, 0.3) is 0 Å². The van der Waals surface area contributed by atoms with E-state index in [4.69, 9.17) is 4.52 Å². The van der Waals surface area contributed by atoms with Crippen molar-refractivity contribution >= 4 is 0 Å². The van der Waals surface area contributed by atoms with Gasteiger partial charge < -0.3 is 9.84 Å². The van der Waals surface area contributed by atoms with E-state index >= 15 is 0 Å². The second kappa shape index (κ2) is 6.30. The second-order valence-electron chi connectivity index (χ2n) is 5.50. The molecule has 6 heteroatoms. The molecule has 6 nitrogen and oxygen atoms in total. The Hall–Kier alpha value is -1.82. The lowest BCUT2D eigenvalue weighted by molar-refractivity contribution is 0.265. The lowest BCUT2D eigenvalue weighted by Gasteiger charge is -2.29. The van der Waals surface area contributed by atoms with Gasteiger partial charge >= 0.3 is 0 Å². The molecule has 2 heterocycles. The third-order valence-electron chi connectivity index (χ3n) is 4.00. The van der Waals surface area contributed by atoms with Gasteiger partial charge in [0, 0.05) is 12.2 Å². The van der Waals surface area contributed by atoms with Crippen LogP contribution in [-0.2, 0) is 0 Å². The maximum atomic E-state index is 5.51. The molecule has 0 radical (unpaired) electrons. The molecule has 0 spiro atoms. The van der Waals surface area contributed by atoms with Crippen molar-refractivity contribution in [2.24, 2.45) is 0 Å². The van der Waals surface area contributed by atoms with Crippen LogP contribution in [-0.4, -0.2) is 32.7 Å². The van der Waals surface area contributed by atoms with Crippen molar-refractivity contribution in [1.29, 1.82) is 0 Å². The Labute approximate surface area is 124 Å². The first kappa shape index (κ1) is 14.1. The van der Waals surface area contributed by atoms with E-state index in [0.717, 1.165) is 18.9 Å². The van der Waals surface area contributed by atoms with Gasteiger partial charge in [-0.2, -0.15) is 4.98 Å². The third-order valence-corrected chi connectivity index (χ3v) is 4.00. The fraction of sp³-hybridized carbons (Fsp3) is 0.600. The molecule has 1 N–H and O–H groups in total. The van der Waals surface area contributed by atoms with Crippen LogP contribution in [0.1, 0.15) is 50.2 Å². The Kier molecular flexibility index (Phi) is 4.24. The summed E-state index contributed by atoms with van der Waals surface area (Å²) in [4.78, 5) is 13.0. The molecule has 1 fully saturated rings. The first-order chi connectivity index (χ1) is 10.3. The summed E-state index contributed by atoms with van der Waals surface area (Å²) in [7, 11) is 0. The number of nitrogens with one attached hydrogen (secondary N) is 1. The number of hydrogen-bond acceptors (Lipinski definition) is 6. The van der Waals surface area contributed by atoms with Crippen molar-refractivity contribution in [3.8, 4) is 11.5 Å². The molecule has 2 unspecified atom stereocenters. The Morgan fingerprint density at radius 2 is 2.14 bits per heavy atom. The number of nitrogens with zero attached hydrogens (tertiary/aromatic N) is 4. The second-order valence-corrected chi connectivity index (χ2v) is 5.50. The van der Waals surface area contributed by atoms with E-state index in [1.807, 2.05) is 13.0 Å². The van der Waals surface area contributed by atoms with Crippen LogP contribution in [0.25, 0.3) is 11.5 Å². The number of likely N-dealkylation sites (N-methyl/N-ethyl adjacent to an activating group) is 1. The number of aryl methyl sites for hydroxylation is 1. The number of aromatic nitrogens is 4. The molecule has 1 aliphatic carbocycles. The summed E-state index contributed by atoms with van der Waals surface area (Å²) in [6.07, 6.45) is 6.47. The van der Waals surface area contributed by atoms with Crippen molar-refractivity contribution in [2.45, 2.75) is 51.5 Å². The van der Waals surface area contributed by atoms with E-state index in [-0.39, 0.29) is 0 Å². The molecule has 2 aromatic rings. The third kappa shape index (κ3) is 3.10. The van der Waals surface area contributed by atoms with Gasteiger partial charge in [-0.05, 0) is 32.4 Å². The van der Waals surface area contributed by atoms with Crippen molar-refractivity contribution in [3.05, 3.63) is 24.0 Å². The first-order valence-electron chi connectivity index (χ1n) is 7.65. The molecule has 112 valence electrons. The first-order valence-corrected chi connectivity index (χ1v) is 7.65. The van der Waals surface area contributed by atoms with Crippen LogP contribution in [0.2, 0.25) is 0 Å². The van der Waals surface area contributed by atoms with E-state index in [9.17, 15) is 0 Å². The van der Waals surface area contributed by atoms with Crippen LogP contribution in [0, 0.1) is 6.92 Å². The summed E-state index contributed by atoms with van der Waals surface area (Å²) in [5, 5.41) is 7.63. The molecule has 0 amide bonds. The van der Waals surface area contributed by atoms with Crippen LogP contribution in [0.15, 0.2) is 16.8 Å². The molecule has 1 aliphatic rings. The van der Waals surface area contributed by atoms with E-state index in [1.54, 1.807) is 6.20 Å². The van der Waals surface area contributed by atoms with Gasteiger partial charge in [-0.3, -0.25) is 0 Å². The standard InChI is InChI=1S/C15H21N5O/c1-3-16-12-7-5-4-6-11(12)15-19-14(20-21-15)13-8-9-17-10(2)18-13/h8-9,11-12,16H,3-7H2,1-2H3. The fourth-order valence-electron chi connectivity index (χ4n) is 3.00. The maximum Gasteiger partial charge on any atom is 0.231 e. The smallest absolute Gasteiger partial charge is 0.231 e. The minimum atomic E-state index is 0.308. The Morgan fingerprint density at radius 3 is 2.95 bits per heavy atom. The molecule has 3 rings (SSSR count). The number of hydrogen-bond donors (Lipinski definition) is 1. The Morgan fingerprint density at radius 1 is 1.29 bits per heavy atom. The predicted molar refractivity (Wildman–Crippen MR) is 78.7 cm³/mol. The summed E-state index contributed by atoms with van der Waals surface area (Å²) in [6, 6.07) is 2.24. The van der Waals surface area contributed by atoms with Gasteiger partial charge in [0.05, 0.1) is 5.92 Å². The van der Waals surface area contributed by atoms with Gasteiger partial charge in [-0.15, -0.1) is 0 Å². The average molecular weight is 287 g/mol. The van der Waals surface area contributed by atoms with Crippen molar-refractivity contribution in [3.63, 3.8) is 0 Å². The minimum Gasteiger partial charge on any atom is -0.339 e. The quantitative estimate of drug-likeness (QED) is 0.931. The molecule has 0 aliphatic heterocycles. The largest absolute Gasteiger partial charge is 0.339 e. The van der Waals surface area contributed by atoms with E-state index in [0.29, 0.717) is 29.3 Å². The summed E-state index contributed by atoms with van der Waals surface area (Å²) in [5.41, 5.74) is 0.716. The Balaban J connectivity index is 1.83. The average Bonchev–Trinajstić information content (AvgIpc) is 2.98. The van der Waals surface area contributed by atoms with Gasteiger partial charge in [0.2, 0.25) is 11.7 Å². The van der Waals surface area contributed by atoms with E-state index in [2.05, 4.69) is 32.3 Å². The Bertz CT molecular complexity index is 595. The highest BCUT2D eigenvalue weighted by atomic mass is 16.5. The molecule has 2 aromatic heterocycles. The number of rotatable bonds is 4. The molecular weight excluding hydrogens is 266 g/mol. The molecule has 0 aromatic carbocycles. The summed E-state index contributed by atoms with van der Waals surface area (Å²) < 4.78 is 5.51.